The number of carbonyl (C=O) groups excluding carboxylic acids is 3. The number of Topliss-reactive ketones (excluding diaryl/α,β-unsaturated/α-hetero) is 1. The molecular formula is C39H59FN4O7S. The molecule has 0 spiro atoms. The molecule has 52 heavy (non-hydrogen) atoms. The number of methoxy groups -OCH3 is 1. The van der Waals surface area contributed by atoms with Gasteiger partial charge in [-0.15, -0.1) is 11.3 Å². The topological polar surface area (TPSA) is 149 Å². The van der Waals surface area contributed by atoms with E-state index in [2.05, 4.69) is 15.2 Å². The normalized spacial score (nSPS) is 18.6. The Hall–Kier alpha value is -3.26. The molecule has 0 saturated carbocycles. The second kappa shape index (κ2) is 20.8. The summed E-state index contributed by atoms with van der Waals surface area (Å²) in [6.07, 6.45) is 3.29. The van der Waals surface area contributed by atoms with Gasteiger partial charge in [-0.25, -0.2) is 9.37 Å². The van der Waals surface area contributed by atoms with Gasteiger partial charge in [0, 0.05) is 49.9 Å². The van der Waals surface area contributed by atoms with Crippen LogP contribution in [0.4, 0.5) is 4.39 Å². The van der Waals surface area contributed by atoms with Crippen LogP contribution in [0.1, 0.15) is 107 Å². The third-order valence-electron chi connectivity index (χ3n) is 10.5. The number of carbonyl (C=O) groups is 4. The number of piperidine rings is 1. The maximum atomic E-state index is 14.5. The Morgan fingerprint density at radius 3 is 2.40 bits per heavy atom. The van der Waals surface area contributed by atoms with Gasteiger partial charge in [-0.3, -0.25) is 24.1 Å². The van der Waals surface area contributed by atoms with Gasteiger partial charge in [-0.1, -0.05) is 59.6 Å². The molecule has 3 rings (SSSR count). The van der Waals surface area contributed by atoms with E-state index in [-0.39, 0.29) is 54.5 Å². The van der Waals surface area contributed by atoms with Crippen molar-refractivity contribution < 1.29 is 38.5 Å². The fraction of sp³-hybridized carbons (Fsp3) is 0.667. The number of likely N-dealkylation sites (N-methyl/N-ethyl adjacent to an activating group) is 1. The third kappa shape index (κ3) is 12.4. The smallest absolute Gasteiger partial charge is 0.306 e. The number of hydrogen-bond acceptors (Lipinski definition) is 9. The maximum absolute atomic E-state index is 14.5. The molecular weight excluding hydrogens is 688 g/mol. The summed E-state index contributed by atoms with van der Waals surface area (Å²) in [6.45, 7) is 11.0. The number of nitrogens with zero attached hydrogens (tertiary/aromatic N) is 3. The number of ether oxygens (including phenoxy) is 1. The zero-order chi connectivity index (χ0) is 38.5. The maximum Gasteiger partial charge on any atom is 0.306 e. The Morgan fingerprint density at radius 1 is 1.12 bits per heavy atom. The van der Waals surface area contributed by atoms with Gasteiger partial charge in [-0.2, -0.15) is 0 Å². The van der Waals surface area contributed by atoms with E-state index in [1.54, 1.807) is 36.4 Å². The molecule has 1 aromatic heterocycles. The van der Waals surface area contributed by atoms with Crippen molar-refractivity contribution in [2.45, 2.75) is 110 Å². The molecule has 13 heteroatoms. The van der Waals surface area contributed by atoms with Gasteiger partial charge >= 0.3 is 5.97 Å². The number of amides is 2. The highest BCUT2D eigenvalue weighted by atomic mass is 32.1. The average Bonchev–Trinajstić information content (AvgIpc) is 3.61. The molecule has 7 unspecified atom stereocenters. The Balaban J connectivity index is 1.79. The monoisotopic (exact) mass is 746 g/mol. The SMILES string of the molecule is CCC(C)C(CC(=O)C1CCCCN1C)C(=O)N(CCOC)C(CC(O)c1nc(C(=O)NC(Cc2ccc(F)cc2)CC(C)C(=O)O)cs1)C(C)C. The summed E-state index contributed by atoms with van der Waals surface area (Å²) in [4.78, 5) is 61.4. The largest absolute Gasteiger partial charge is 0.481 e. The van der Waals surface area contributed by atoms with Crippen molar-refractivity contribution in [3.8, 4) is 0 Å². The number of rotatable bonds is 21. The summed E-state index contributed by atoms with van der Waals surface area (Å²) in [6, 6.07) is 4.68. The Kier molecular flexibility index (Phi) is 17.3. The quantitative estimate of drug-likeness (QED) is 0.145. The lowest BCUT2D eigenvalue weighted by Crippen LogP contribution is -2.50. The van der Waals surface area contributed by atoms with E-state index in [9.17, 15) is 33.8 Å². The first-order chi connectivity index (χ1) is 24.7. The van der Waals surface area contributed by atoms with Crippen molar-refractivity contribution in [3.63, 3.8) is 0 Å². The molecule has 290 valence electrons. The number of aromatic nitrogens is 1. The number of thiazole rings is 1. The first-order valence-corrected chi connectivity index (χ1v) is 19.5. The number of nitrogens with one attached hydrogen (secondary N) is 1. The number of halogens is 1. The molecule has 1 aliphatic rings. The predicted octanol–water partition coefficient (Wildman–Crippen LogP) is 5.76. The highest BCUT2D eigenvalue weighted by Gasteiger charge is 2.38. The third-order valence-corrected chi connectivity index (χ3v) is 11.4. The van der Waals surface area contributed by atoms with E-state index in [1.807, 2.05) is 34.7 Å². The van der Waals surface area contributed by atoms with E-state index < -0.39 is 47.7 Å². The summed E-state index contributed by atoms with van der Waals surface area (Å²) in [7, 11) is 3.55. The van der Waals surface area contributed by atoms with Crippen molar-refractivity contribution in [1.82, 2.24) is 20.1 Å². The number of aliphatic hydroxyl groups excluding tert-OH is 1. The molecule has 3 N–H and O–H groups in total. The number of benzene rings is 1. The number of carboxylic acids is 1. The summed E-state index contributed by atoms with van der Waals surface area (Å²) in [5.41, 5.74) is 0.829. The van der Waals surface area contributed by atoms with Gasteiger partial charge in [-0.05, 0) is 68.8 Å². The molecule has 2 aromatic rings. The van der Waals surface area contributed by atoms with Crippen molar-refractivity contribution in [1.29, 1.82) is 0 Å². The van der Waals surface area contributed by atoms with E-state index in [4.69, 9.17) is 4.74 Å². The molecule has 2 heterocycles. The zero-order valence-electron chi connectivity index (χ0n) is 31.8. The van der Waals surface area contributed by atoms with Crippen molar-refractivity contribution in [3.05, 3.63) is 51.7 Å². The van der Waals surface area contributed by atoms with Crippen LogP contribution < -0.4 is 5.32 Å². The van der Waals surface area contributed by atoms with Gasteiger partial charge in [0.25, 0.3) is 5.91 Å². The van der Waals surface area contributed by atoms with Crippen LogP contribution >= 0.6 is 11.3 Å². The second-order valence-corrected chi connectivity index (χ2v) is 15.7. The summed E-state index contributed by atoms with van der Waals surface area (Å²) >= 11 is 1.13. The minimum atomic E-state index is -1.08. The molecule has 0 aliphatic carbocycles. The van der Waals surface area contributed by atoms with Gasteiger partial charge in [0.05, 0.1) is 18.6 Å². The van der Waals surface area contributed by atoms with E-state index in [1.165, 1.54) is 12.1 Å². The van der Waals surface area contributed by atoms with Crippen LogP contribution in [-0.4, -0.2) is 101 Å². The first kappa shape index (κ1) is 43.1. The summed E-state index contributed by atoms with van der Waals surface area (Å²) < 4.78 is 18.9. The highest BCUT2D eigenvalue weighted by Crippen LogP contribution is 2.31. The molecule has 11 nitrogen and oxygen atoms in total. The summed E-state index contributed by atoms with van der Waals surface area (Å²) in [5.74, 6) is -3.25. The van der Waals surface area contributed by atoms with E-state index in [0.717, 1.165) is 49.1 Å². The molecule has 1 saturated heterocycles. The Morgan fingerprint density at radius 2 is 1.81 bits per heavy atom. The fourth-order valence-corrected chi connectivity index (χ4v) is 7.81. The lowest BCUT2D eigenvalue weighted by Gasteiger charge is -2.39. The molecule has 1 fully saturated rings. The molecule has 1 aliphatic heterocycles. The predicted molar refractivity (Wildman–Crippen MR) is 200 cm³/mol. The Bertz CT molecular complexity index is 1450. The van der Waals surface area contributed by atoms with Crippen molar-refractivity contribution in [2.75, 3.05) is 33.9 Å². The fourth-order valence-electron chi connectivity index (χ4n) is 7.01. The molecule has 0 radical (unpaired) electrons. The lowest BCUT2D eigenvalue weighted by atomic mass is 9.82. The van der Waals surface area contributed by atoms with Gasteiger partial charge in [0.2, 0.25) is 5.91 Å². The van der Waals surface area contributed by atoms with E-state index in [0.29, 0.717) is 24.6 Å². The van der Waals surface area contributed by atoms with E-state index >= 15 is 0 Å². The van der Waals surface area contributed by atoms with Crippen LogP contribution in [0, 0.1) is 29.5 Å². The highest BCUT2D eigenvalue weighted by molar-refractivity contribution is 7.09. The van der Waals surface area contributed by atoms with Crippen LogP contribution in [-0.2, 0) is 25.5 Å². The van der Waals surface area contributed by atoms with Crippen LogP contribution in [0.25, 0.3) is 0 Å². The van der Waals surface area contributed by atoms with Crippen molar-refractivity contribution in [2.24, 2.45) is 23.7 Å². The first-order valence-electron chi connectivity index (χ1n) is 18.6. The lowest BCUT2D eigenvalue weighted by molar-refractivity contribution is -0.145. The second-order valence-electron chi connectivity index (χ2n) is 14.8. The number of aliphatic carboxylic acids is 1. The minimum Gasteiger partial charge on any atom is -0.481 e. The average molecular weight is 747 g/mol. The van der Waals surface area contributed by atoms with Crippen LogP contribution in [0.5, 0.6) is 0 Å². The number of hydrogen-bond donors (Lipinski definition) is 3. The van der Waals surface area contributed by atoms with Gasteiger partial charge in [0.1, 0.15) is 22.6 Å². The zero-order valence-corrected chi connectivity index (χ0v) is 32.7. The molecule has 0 bridgehead atoms. The number of likely N-dealkylation sites (tertiary alicyclic amines) is 1. The molecule has 7 atom stereocenters. The van der Waals surface area contributed by atoms with Crippen molar-refractivity contribution >= 4 is 34.9 Å². The number of carboxylic acid groups (broad SMARTS) is 1. The summed E-state index contributed by atoms with van der Waals surface area (Å²) in [5, 5.41) is 25.8. The minimum absolute atomic E-state index is 0.0291. The molecule has 1 aromatic carbocycles. The number of ketones is 1. The van der Waals surface area contributed by atoms with Gasteiger partial charge < -0.3 is 25.2 Å². The molecule has 2 amide bonds. The number of aliphatic hydroxyl groups is 1. The Labute approximate surface area is 312 Å². The van der Waals surface area contributed by atoms with Gasteiger partial charge in [0.15, 0.2) is 5.78 Å². The van der Waals surface area contributed by atoms with Crippen LogP contribution in [0.2, 0.25) is 0 Å². The standard InChI is InChI=1S/C39H59FN4O7S/c1-8-25(4)30(21-34(45)32-11-9-10-16-43(32)6)38(48)44(17-18-51-7)33(24(2)3)22-35(46)37-42-31(23-52-37)36(47)41-29(19-26(5)39(49)50)20-27-12-14-28(40)15-13-27/h12-15,23-26,29-30,32-33,35,46H,8-11,16-22H2,1-7H3,(H,41,47)(H,49,50). The van der Waals surface area contributed by atoms with Crippen LogP contribution in [0.3, 0.4) is 0 Å². The van der Waals surface area contributed by atoms with Crippen LogP contribution in [0.15, 0.2) is 29.6 Å².